The second kappa shape index (κ2) is 21.1. The van der Waals surface area contributed by atoms with E-state index in [0.29, 0.717) is 37.0 Å². The number of methoxy groups -OCH3 is 1. The SMILES string of the molecule is COc1ccc2c(c1)[C@]13CCN(CC4CC4)[C@H](C2)[C@]1(O)CC1=CC(=O)N(CC2CC2)[C@H]1C3.O=C1C=C2C[C@@]3(O)[C@H]4Cc5ccc(O)cc5[C@@]3(CCN4CC3CC3)C[C@@H]2N1CC1CC1.O=C1C=C2C[C@@]3(O)[C@H]4Cc5ccc(O)cc5[C@]3(C=C2N1CC1CC1)CCN4CC1CC1. The number of aromatic hydroxyl groups is 2. The molecule has 3 aromatic rings. The van der Waals surface area contributed by atoms with Crippen molar-refractivity contribution < 1.29 is 44.7 Å². The minimum absolute atomic E-state index is 0.0465. The quantitative estimate of drug-likeness (QED) is 0.110. The third-order valence-corrected chi connectivity index (χ3v) is 28.0. The number of hydrogen-bond acceptors (Lipinski definition) is 12. The number of carbonyl (C=O) groups is 3. The van der Waals surface area contributed by atoms with Gasteiger partial charge in [-0.3, -0.25) is 29.1 Å². The molecule has 0 aromatic heterocycles. The summed E-state index contributed by atoms with van der Waals surface area (Å²) in [5, 5.41) is 58.4. The van der Waals surface area contributed by atoms with Gasteiger partial charge in [-0.25, -0.2) is 0 Å². The van der Waals surface area contributed by atoms with Crippen LogP contribution in [-0.4, -0.2) is 186 Å². The lowest BCUT2D eigenvalue weighted by Gasteiger charge is -2.65. The van der Waals surface area contributed by atoms with E-state index in [1.54, 1.807) is 25.3 Å². The fourth-order valence-electron chi connectivity index (χ4n) is 21.9. The highest BCUT2D eigenvalue weighted by Crippen LogP contribution is 2.65. The molecule has 11 atom stereocenters. The van der Waals surface area contributed by atoms with Crippen LogP contribution in [-0.2, 0) is 49.9 Å². The van der Waals surface area contributed by atoms with E-state index >= 15 is 0 Å². The van der Waals surface area contributed by atoms with Gasteiger partial charge in [0.2, 0.25) is 11.8 Å². The van der Waals surface area contributed by atoms with Crippen molar-refractivity contribution in [2.45, 2.75) is 211 Å². The van der Waals surface area contributed by atoms with E-state index in [0.717, 1.165) is 162 Å². The van der Waals surface area contributed by atoms with Gasteiger partial charge in [0.1, 0.15) is 17.2 Å². The third-order valence-electron chi connectivity index (χ3n) is 28.0. The van der Waals surface area contributed by atoms with E-state index in [1.807, 2.05) is 35.3 Å². The van der Waals surface area contributed by atoms with Crippen molar-refractivity contribution in [3.63, 3.8) is 0 Å². The summed E-state index contributed by atoms with van der Waals surface area (Å²) in [6.07, 6.45) is 31.6. The van der Waals surface area contributed by atoms with Gasteiger partial charge in [0.05, 0.1) is 36.0 Å². The number of fused-ring (bicyclic) bond motifs is 6. The molecule has 15 nitrogen and oxygen atoms in total. The van der Waals surface area contributed by atoms with Gasteiger partial charge in [-0.15, -0.1) is 0 Å². The summed E-state index contributed by atoms with van der Waals surface area (Å²) in [6.45, 7) is 8.82. The molecule has 11 fully saturated rings. The van der Waals surface area contributed by atoms with Gasteiger partial charge in [0.15, 0.2) is 0 Å². The summed E-state index contributed by atoms with van der Waals surface area (Å²) in [5.41, 5.74) is 7.81. The first-order chi connectivity index (χ1) is 45.4. The molecule has 3 aromatic carbocycles. The van der Waals surface area contributed by atoms with Gasteiger partial charge in [0.25, 0.3) is 5.91 Å². The Morgan fingerprint density at radius 2 is 0.894 bits per heavy atom. The van der Waals surface area contributed by atoms with Crippen LogP contribution in [0.5, 0.6) is 17.2 Å². The Labute approximate surface area is 553 Å². The number of phenols is 2. The zero-order valence-corrected chi connectivity index (χ0v) is 55.0. The van der Waals surface area contributed by atoms with Crippen molar-refractivity contribution in [2.24, 2.45) is 35.5 Å². The van der Waals surface area contributed by atoms with E-state index < -0.39 is 27.6 Å². The van der Waals surface area contributed by atoms with Crippen molar-refractivity contribution in [1.82, 2.24) is 29.4 Å². The highest BCUT2D eigenvalue weighted by molar-refractivity contribution is 5.96. The van der Waals surface area contributed by atoms with Gasteiger partial charge >= 0.3 is 0 Å². The van der Waals surface area contributed by atoms with Gasteiger partial charge in [-0.1, -0.05) is 18.2 Å². The third kappa shape index (κ3) is 9.24. The Kier molecular flexibility index (Phi) is 13.3. The molecule has 6 aliphatic heterocycles. The number of rotatable bonds is 13. The average Bonchev–Trinajstić information content (AvgIpc) is 1.52. The van der Waals surface area contributed by atoms with Crippen molar-refractivity contribution in [3.8, 4) is 17.2 Å². The maximum atomic E-state index is 13.0. The molecule has 12 aliphatic carbocycles. The van der Waals surface area contributed by atoms with Gasteiger partial charge in [-0.05, 0) is 276 Å². The van der Waals surface area contributed by atoms with Crippen LogP contribution in [0, 0.1) is 35.5 Å². The molecule has 6 heterocycles. The number of allylic oxidation sites excluding steroid dienone is 1. The lowest BCUT2D eigenvalue weighted by atomic mass is 9.48. The number of phenolic OH excluding ortho intramolecular Hbond substituents is 2. The van der Waals surface area contributed by atoms with E-state index in [4.69, 9.17) is 4.74 Å². The van der Waals surface area contributed by atoms with Crippen molar-refractivity contribution in [2.75, 3.05) is 66.0 Å². The maximum Gasteiger partial charge on any atom is 0.251 e. The average molecular weight is 1270 g/mol. The van der Waals surface area contributed by atoms with Crippen molar-refractivity contribution in [1.29, 1.82) is 0 Å². The van der Waals surface area contributed by atoms with E-state index in [9.17, 15) is 39.9 Å². The normalized spacial score (nSPS) is 37.9. The van der Waals surface area contributed by atoms with E-state index in [2.05, 4.69) is 54.8 Å². The highest BCUT2D eigenvalue weighted by atomic mass is 16.5. The standard InChI is InChI=1S/C27H34N2O3.C26H32N2O3.C26H30N2O3/c1-32-21-7-6-19-10-24-27(31)13-20-11-25(30)29(16-18-4-5-18)23(20)14-26(27,22(19)12-21)8-9-28(24)15-17-2-3-17;2*29-20-6-5-18-9-23-26(31)12-19-10-24(30)28(15-17-3-4-17)22(19)13-25(26,21(18)11-20)7-8-27(23)14-16-1-2-16/h6-7,11-12,17-18,23-24,31H,2-5,8-10,13-16H2,1H3;5-6,10-11,16-17,22-23,29,31H,1-4,7-9,12-15H2;5-6,10-11,13,16-17,23,29,31H,1-4,7-9,12,14-15H2/t23-,24+,26+,27+;22-,23+,25+,26+;23-,25-,26-/m001/s1. The number of hydrogen-bond donors (Lipinski definition) is 5. The predicted octanol–water partition coefficient (Wildman–Crippen LogP) is 8.66. The second-order valence-corrected chi connectivity index (χ2v) is 33.7. The van der Waals surface area contributed by atoms with Gasteiger partial charge < -0.3 is 45.0 Å². The lowest BCUT2D eigenvalue weighted by molar-refractivity contribution is -0.165. The number of piperidine rings is 3. The van der Waals surface area contributed by atoms with Crippen LogP contribution >= 0.6 is 0 Å². The molecule has 3 saturated heterocycles. The van der Waals surface area contributed by atoms with Crippen LogP contribution in [0.25, 0.3) is 0 Å². The summed E-state index contributed by atoms with van der Waals surface area (Å²) in [6, 6.07) is 18.5. The molecule has 5 N–H and O–H groups in total. The van der Waals surface area contributed by atoms with Gasteiger partial charge in [0, 0.05) is 117 Å². The Hall–Kier alpha value is -5.81. The summed E-state index contributed by atoms with van der Waals surface area (Å²) in [5.74, 6) is 6.13. The minimum atomic E-state index is -0.952. The highest BCUT2D eigenvalue weighted by Gasteiger charge is 2.70. The van der Waals surface area contributed by atoms with Crippen LogP contribution in [0.1, 0.15) is 162 Å². The molecular weight excluding hydrogens is 1180 g/mol. The number of aliphatic hydroxyl groups is 3. The smallest absolute Gasteiger partial charge is 0.251 e. The molecule has 496 valence electrons. The van der Waals surface area contributed by atoms with Crippen LogP contribution in [0.15, 0.2) is 101 Å². The Morgan fingerprint density at radius 3 is 1.38 bits per heavy atom. The number of benzene rings is 3. The summed E-state index contributed by atoms with van der Waals surface area (Å²) in [4.78, 5) is 52.7. The number of carbonyl (C=O) groups excluding carboxylic acids is 3. The predicted molar refractivity (Wildman–Crippen MR) is 355 cm³/mol. The molecular formula is C79H96N6O9. The second-order valence-electron chi connectivity index (χ2n) is 33.7. The zero-order chi connectivity index (χ0) is 63.6. The molecule has 21 rings (SSSR count). The number of amides is 3. The Bertz CT molecular complexity index is 3840. The summed E-state index contributed by atoms with van der Waals surface area (Å²) < 4.78 is 5.63. The molecule has 0 radical (unpaired) electrons. The maximum absolute atomic E-state index is 13.0. The monoisotopic (exact) mass is 1270 g/mol. The van der Waals surface area contributed by atoms with Crippen molar-refractivity contribution >= 4 is 17.7 Å². The molecule has 0 unspecified atom stereocenters. The molecule has 94 heavy (non-hydrogen) atoms. The van der Waals surface area contributed by atoms with Crippen LogP contribution < -0.4 is 4.74 Å². The molecule has 6 bridgehead atoms. The van der Waals surface area contributed by atoms with E-state index in [-0.39, 0.29) is 64.8 Å². The molecule has 8 saturated carbocycles. The van der Waals surface area contributed by atoms with Crippen LogP contribution in [0.3, 0.4) is 0 Å². The first kappa shape index (κ1) is 59.5. The summed E-state index contributed by atoms with van der Waals surface area (Å²) in [7, 11) is 1.73. The molecule has 18 aliphatic rings. The van der Waals surface area contributed by atoms with Gasteiger partial charge in [-0.2, -0.15) is 0 Å². The first-order valence-corrected chi connectivity index (χ1v) is 36.9. The minimum Gasteiger partial charge on any atom is -0.508 e. The zero-order valence-electron chi connectivity index (χ0n) is 55.0. The fraction of sp³-hybridized carbons (Fsp3) is 0.633. The van der Waals surface area contributed by atoms with Crippen LogP contribution in [0.4, 0.5) is 0 Å². The molecule has 3 amide bonds. The van der Waals surface area contributed by atoms with Crippen molar-refractivity contribution in [3.05, 3.63) is 135 Å². The largest absolute Gasteiger partial charge is 0.508 e. The number of ether oxygens (including phenoxy) is 1. The topological polar surface area (TPSA) is 181 Å². The molecule has 15 heteroatoms. The molecule has 0 spiro atoms. The Balaban J connectivity index is 0.000000100. The lowest BCUT2D eigenvalue weighted by Crippen LogP contribution is -2.74. The fourth-order valence-corrected chi connectivity index (χ4v) is 21.9. The Morgan fingerprint density at radius 1 is 0.468 bits per heavy atom. The first-order valence-electron chi connectivity index (χ1n) is 36.9. The summed E-state index contributed by atoms with van der Waals surface area (Å²) >= 11 is 0. The van der Waals surface area contributed by atoms with Crippen LogP contribution in [0.2, 0.25) is 0 Å². The number of nitrogens with zero attached hydrogens (tertiary/aromatic N) is 6. The van der Waals surface area contributed by atoms with E-state index in [1.165, 1.54) is 105 Å². The number of likely N-dealkylation sites (tertiary alicyclic amines) is 3.